The molecule has 0 radical (unpaired) electrons. The second-order valence-electron chi connectivity index (χ2n) is 4.15. The topological polar surface area (TPSA) is 42.4 Å². The summed E-state index contributed by atoms with van der Waals surface area (Å²) < 4.78 is 5.45. The normalized spacial score (nSPS) is 10.8. The number of methoxy groups -OCH3 is 1. The number of hydrogen-bond acceptors (Lipinski definition) is 4. The van der Waals surface area contributed by atoms with E-state index >= 15 is 0 Å². The lowest BCUT2D eigenvalue weighted by atomic mass is 10.0. The fourth-order valence-electron chi connectivity index (χ4n) is 2.14. The minimum Gasteiger partial charge on any atom is -0.496 e. The van der Waals surface area contributed by atoms with Crippen molar-refractivity contribution in [2.45, 2.75) is 6.61 Å². The molecule has 0 aliphatic heterocycles. The monoisotopic (exact) mass is 271 g/mol. The number of aliphatic hydroxyl groups is 1. The van der Waals surface area contributed by atoms with Gasteiger partial charge in [0.2, 0.25) is 0 Å². The Labute approximate surface area is 115 Å². The first-order valence-corrected chi connectivity index (χ1v) is 6.77. The van der Waals surface area contributed by atoms with Crippen LogP contribution in [0.5, 0.6) is 5.75 Å². The minimum atomic E-state index is 0.0186. The van der Waals surface area contributed by atoms with Crippen LogP contribution in [0.25, 0.3) is 21.3 Å². The minimum absolute atomic E-state index is 0.0186. The van der Waals surface area contributed by atoms with Crippen LogP contribution >= 0.6 is 11.3 Å². The predicted molar refractivity (Wildman–Crippen MR) is 77.5 cm³/mol. The Bertz CT molecular complexity index is 721. The van der Waals surface area contributed by atoms with Crippen LogP contribution in [0.15, 0.2) is 42.6 Å². The zero-order valence-corrected chi connectivity index (χ0v) is 11.3. The number of aliphatic hydroxyl groups excluding tert-OH is 1. The van der Waals surface area contributed by atoms with Gasteiger partial charge in [0, 0.05) is 6.20 Å². The SMILES string of the molecule is COc1ccc2ccccc2c1-c1ncc(CO)s1. The van der Waals surface area contributed by atoms with Crippen LogP contribution in [-0.2, 0) is 6.61 Å². The van der Waals surface area contributed by atoms with Gasteiger partial charge in [-0.1, -0.05) is 30.3 Å². The van der Waals surface area contributed by atoms with Crippen LogP contribution in [-0.4, -0.2) is 17.2 Å². The lowest BCUT2D eigenvalue weighted by Gasteiger charge is -2.09. The fourth-order valence-corrected chi connectivity index (χ4v) is 2.97. The van der Waals surface area contributed by atoms with Crippen molar-refractivity contribution in [3.8, 4) is 16.3 Å². The van der Waals surface area contributed by atoms with Crippen LogP contribution in [0, 0.1) is 0 Å². The number of aromatic nitrogens is 1. The molecule has 0 atom stereocenters. The molecule has 3 nitrogen and oxygen atoms in total. The van der Waals surface area contributed by atoms with Crippen LogP contribution < -0.4 is 4.74 Å². The third kappa shape index (κ3) is 2.09. The summed E-state index contributed by atoms with van der Waals surface area (Å²) in [4.78, 5) is 5.25. The van der Waals surface area contributed by atoms with Crippen molar-refractivity contribution in [3.05, 3.63) is 47.5 Å². The maximum absolute atomic E-state index is 9.18. The average Bonchev–Trinajstić information content (AvgIpc) is 2.94. The van der Waals surface area contributed by atoms with Crippen LogP contribution in [0.1, 0.15) is 4.88 Å². The van der Waals surface area contributed by atoms with Crippen molar-refractivity contribution >= 4 is 22.1 Å². The molecule has 2 aromatic carbocycles. The first-order valence-electron chi connectivity index (χ1n) is 5.95. The van der Waals surface area contributed by atoms with E-state index in [0.717, 1.165) is 32.0 Å². The zero-order valence-electron chi connectivity index (χ0n) is 10.5. The van der Waals surface area contributed by atoms with Gasteiger partial charge in [-0.15, -0.1) is 11.3 Å². The van der Waals surface area contributed by atoms with Crippen molar-refractivity contribution < 1.29 is 9.84 Å². The first kappa shape index (κ1) is 12.1. The molecule has 1 N–H and O–H groups in total. The molecule has 0 aliphatic rings. The number of nitrogens with zero attached hydrogens (tertiary/aromatic N) is 1. The Morgan fingerprint density at radius 2 is 2.05 bits per heavy atom. The van der Waals surface area contributed by atoms with Gasteiger partial charge in [0.1, 0.15) is 10.8 Å². The number of hydrogen-bond donors (Lipinski definition) is 1. The average molecular weight is 271 g/mol. The van der Waals surface area contributed by atoms with Gasteiger partial charge in [-0.2, -0.15) is 0 Å². The second-order valence-corrected chi connectivity index (χ2v) is 5.27. The van der Waals surface area contributed by atoms with E-state index in [1.165, 1.54) is 11.3 Å². The molecule has 0 saturated carbocycles. The Morgan fingerprint density at radius 3 is 2.79 bits per heavy atom. The number of benzene rings is 2. The molecular formula is C15H13NO2S. The second kappa shape index (κ2) is 4.99. The Balaban J connectivity index is 2.30. The Hall–Kier alpha value is -1.91. The summed E-state index contributed by atoms with van der Waals surface area (Å²) in [6.07, 6.45) is 1.71. The summed E-state index contributed by atoms with van der Waals surface area (Å²) in [5.41, 5.74) is 0.991. The molecule has 0 saturated heterocycles. The van der Waals surface area contributed by atoms with Crippen molar-refractivity contribution in [3.63, 3.8) is 0 Å². The molecule has 0 amide bonds. The van der Waals surface area contributed by atoms with E-state index in [1.54, 1.807) is 13.3 Å². The van der Waals surface area contributed by atoms with E-state index in [4.69, 9.17) is 4.74 Å². The van der Waals surface area contributed by atoms with Gasteiger partial charge in [0.05, 0.1) is 24.2 Å². The molecule has 0 aliphatic carbocycles. The maximum atomic E-state index is 9.18. The third-order valence-electron chi connectivity index (χ3n) is 3.03. The van der Waals surface area contributed by atoms with E-state index < -0.39 is 0 Å². The van der Waals surface area contributed by atoms with E-state index in [2.05, 4.69) is 17.1 Å². The summed E-state index contributed by atoms with van der Waals surface area (Å²) in [5.74, 6) is 0.803. The van der Waals surface area contributed by atoms with E-state index in [9.17, 15) is 5.11 Å². The molecule has 1 heterocycles. The Morgan fingerprint density at radius 1 is 1.21 bits per heavy atom. The van der Waals surface area contributed by atoms with Gasteiger partial charge in [-0.25, -0.2) is 4.98 Å². The largest absolute Gasteiger partial charge is 0.496 e. The highest BCUT2D eigenvalue weighted by Gasteiger charge is 2.13. The van der Waals surface area contributed by atoms with Gasteiger partial charge in [0.25, 0.3) is 0 Å². The quantitative estimate of drug-likeness (QED) is 0.793. The lowest BCUT2D eigenvalue weighted by molar-refractivity contribution is 0.285. The van der Waals surface area contributed by atoms with Crippen molar-refractivity contribution in [2.75, 3.05) is 7.11 Å². The highest BCUT2D eigenvalue weighted by atomic mass is 32.1. The highest BCUT2D eigenvalue weighted by Crippen LogP contribution is 2.38. The molecule has 0 fully saturated rings. The number of rotatable bonds is 3. The fraction of sp³-hybridized carbons (Fsp3) is 0.133. The molecule has 19 heavy (non-hydrogen) atoms. The van der Waals surface area contributed by atoms with E-state index in [1.807, 2.05) is 24.3 Å². The smallest absolute Gasteiger partial charge is 0.129 e. The number of thiazole rings is 1. The summed E-state index contributed by atoms with van der Waals surface area (Å²) in [5, 5.41) is 12.3. The summed E-state index contributed by atoms with van der Waals surface area (Å²) in [7, 11) is 1.66. The summed E-state index contributed by atoms with van der Waals surface area (Å²) in [6.45, 7) is 0.0186. The van der Waals surface area contributed by atoms with Gasteiger partial charge in [0.15, 0.2) is 0 Å². The molecule has 0 unspecified atom stereocenters. The highest BCUT2D eigenvalue weighted by molar-refractivity contribution is 7.15. The first-order chi connectivity index (χ1) is 9.33. The predicted octanol–water partition coefficient (Wildman–Crippen LogP) is 3.46. The van der Waals surface area contributed by atoms with Gasteiger partial charge < -0.3 is 9.84 Å². The molecule has 0 spiro atoms. The van der Waals surface area contributed by atoms with Crippen LogP contribution in [0.3, 0.4) is 0 Å². The molecule has 96 valence electrons. The van der Waals surface area contributed by atoms with Crippen molar-refractivity contribution in [1.29, 1.82) is 0 Å². The van der Waals surface area contributed by atoms with E-state index in [0.29, 0.717) is 0 Å². The zero-order chi connectivity index (χ0) is 13.2. The molecule has 3 aromatic rings. The Kier molecular flexibility index (Phi) is 3.19. The lowest BCUT2D eigenvalue weighted by Crippen LogP contribution is -1.89. The molecule has 3 rings (SSSR count). The number of fused-ring (bicyclic) bond motifs is 1. The van der Waals surface area contributed by atoms with Crippen molar-refractivity contribution in [1.82, 2.24) is 4.98 Å². The summed E-state index contributed by atoms with van der Waals surface area (Å²) >= 11 is 1.49. The maximum Gasteiger partial charge on any atom is 0.129 e. The van der Waals surface area contributed by atoms with E-state index in [-0.39, 0.29) is 6.61 Å². The molecular weight excluding hydrogens is 258 g/mol. The van der Waals surface area contributed by atoms with Crippen LogP contribution in [0.4, 0.5) is 0 Å². The molecule has 1 aromatic heterocycles. The van der Waals surface area contributed by atoms with Gasteiger partial charge in [-0.05, 0) is 16.8 Å². The van der Waals surface area contributed by atoms with Gasteiger partial charge in [-0.3, -0.25) is 0 Å². The number of ether oxygens (including phenoxy) is 1. The standard InChI is InChI=1S/C15H13NO2S/c1-18-13-7-6-10-4-2-3-5-12(10)14(13)15-16-8-11(9-17)19-15/h2-8,17H,9H2,1H3. The van der Waals surface area contributed by atoms with Crippen molar-refractivity contribution in [2.24, 2.45) is 0 Å². The van der Waals surface area contributed by atoms with Gasteiger partial charge >= 0.3 is 0 Å². The molecule has 4 heteroatoms. The van der Waals surface area contributed by atoms with Crippen LogP contribution in [0.2, 0.25) is 0 Å². The molecule has 0 bridgehead atoms. The summed E-state index contributed by atoms with van der Waals surface area (Å²) in [6, 6.07) is 12.1. The third-order valence-corrected chi connectivity index (χ3v) is 4.03.